The summed E-state index contributed by atoms with van der Waals surface area (Å²) in [6.45, 7) is 9.52. The van der Waals surface area contributed by atoms with E-state index in [9.17, 15) is 0 Å². The fourth-order valence-corrected chi connectivity index (χ4v) is 2.16. The Balaban J connectivity index is 2.32. The zero-order valence-electron chi connectivity index (χ0n) is 12.3. The molecule has 0 radical (unpaired) electrons. The van der Waals surface area contributed by atoms with E-state index in [1.165, 1.54) is 16.8 Å². The summed E-state index contributed by atoms with van der Waals surface area (Å²) in [6.07, 6.45) is 4.86. The van der Waals surface area contributed by atoms with Crippen LogP contribution in [0.25, 0.3) is 5.69 Å². The molecule has 0 fully saturated rings. The Kier molecular flexibility index (Phi) is 4.38. The van der Waals surface area contributed by atoms with Crippen LogP contribution in [-0.2, 0) is 13.0 Å². The molecule has 0 spiro atoms. The van der Waals surface area contributed by atoms with E-state index in [-0.39, 0.29) is 0 Å². The summed E-state index contributed by atoms with van der Waals surface area (Å²) in [5.74, 6) is 1.11. The number of nitrogens with zero attached hydrogens (tertiary/aromatic N) is 2. The molecule has 1 heterocycles. The van der Waals surface area contributed by atoms with Crippen LogP contribution in [0.5, 0.6) is 0 Å². The summed E-state index contributed by atoms with van der Waals surface area (Å²) >= 11 is 0. The summed E-state index contributed by atoms with van der Waals surface area (Å²) in [5.41, 5.74) is 3.82. The first-order valence-electron chi connectivity index (χ1n) is 6.97. The fourth-order valence-electron chi connectivity index (χ4n) is 2.16. The quantitative estimate of drug-likeness (QED) is 0.891. The SMILES string of the molecule is CCc1nccn1-c1cc(CNC(C)C)ccc1C. The molecule has 1 aromatic carbocycles. The minimum absolute atomic E-state index is 0.504. The molecule has 3 heteroatoms. The first-order valence-corrected chi connectivity index (χ1v) is 6.97. The maximum atomic E-state index is 4.40. The molecule has 0 amide bonds. The van der Waals surface area contributed by atoms with Crippen molar-refractivity contribution in [2.75, 3.05) is 0 Å². The second-order valence-corrected chi connectivity index (χ2v) is 5.22. The van der Waals surface area contributed by atoms with Gasteiger partial charge in [0.2, 0.25) is 0 Å². The number of hydrogen-bond donors (Lipinski definition) is 1. The average Bonchev–Trinajstić information content (AvgIpc) is 2.85. The Labute approximate surface area is 115 Å². The standard InChI is InChI=1S/C16H23N3/c1-5-16-17-8-9-19(16)15-10-14(7-6-13(15)4)11-18-12(2)3/h6-10,12,18H,5,11H2,1-4H3. The highest BCUT2D eigenvalue weighted by Crippen LogP contribution is 2.18. The van der Waals surface area contributed by atoms with E-state index in [2.05, 4.69) is 60.8 Å². The number of hydrogen-bond acceptors (Lipinski definition) is 2. The van der Waals surface area contributed by atoms with Crippen molar-refractivity contribution in [3.05, 3.63) is 47.5 Å². The summed E-state index contributed by atoms with van der Waals surface area (Å²) in [4.78, 5) is 4.40. The number of rotatable bonds is 5. The molecule has 0 bridgehead atoms. The van der Waals surface area contributed by atoms with E-state index < -0.39 is 0 Å². The molecule has 0 saturated heterocycles. The predicted molar refractivity (Wildman–Crippen MR) is 79.7 cm³/mol. The van der Waals surface area contributed by atoms with E-state index in [0.29, 0.717) is 6.04 Å². The van der Waals surface area contributed by atoms with Gasteiger partial charge in [0.15, 0.2) is 0 Å². The molecule has 3 nitrogen and oxygen atoms in total. The number of imidazole rings is 1. The second kappa shape index (κ2) is 6.02. The van der Waals surface area contributed by atoms with Crippen molar-refractivity contribution in [1.29, 1.82) is 0 Å². The van der Waals surface area contributed by atoms with E-state index in [0.717, 1.165) is 18.8 Å². The molecule has 1 aromatic heterocycles. The highest BCUT2D eigenvalue weighted by molar-refractivity contribution is 5.44. The monoisotopic (exact) mass is 257 g/mol. The molecule has 19 heavy (non-hydrogen) atoms. The van der Waals surface area contributed by atoms with Crippen molar-refractivity contribution >= 4 is 0 Å². The van der Waals surface area contributed by atoms with Gasteiger partial charge in [-0.1, -0.05) is 32.9 Å². The summed E-state index contributed by atoms with van der Waals surface area (Å²) in [7, 11) is 0. The number of aryl methyl sites for hydroxylation is 2. The van der Waals surface area contributed by atoms with Crippen molar-refractivity contribution in [3.63, 3.8) is 0 Å². The molecule has 2 aromatic rings. The van der Waals surface area contributed by atoms with E-state index in [4.69, 9.17) is 0 Å². The lowest BCUT2D eigenvalue weighted by Crippen LogP contribution is -2.21. The Morgan fingerprint density at radius 2 is 2.11 bits per heavy atom. The van der Waals surface area contributed by atoms with Crippen LogP contribution in [0.2, 0.25) is 0 Å². The molecule has 102 valence electrons. The van der Waals surface area contributed by atoms with Crippen molar-refractivity contribution in [2.45, 2.75) is 46.7 Å². The van der Waals surface area contributed by atoms with Crippen LogP contribution in [0.4, 0.5) is 0 Å². The summed E-state index contributed by atoms with van der Waals surface area (Å²) < 4.78 is 2.19. The van der Waals surface area contributed by atoms with Gasteiger partial charge < -0.3 is 9.88 Å². The van der Waals surface area contributed by atoms with Crippen LogP contribution in [0.3, 0.4) is 0 Å². The molecule has 1 N–H and O–H groups in total. The maximum Gasteiger partial charge on any atom is 0.112 e. The highest BCUT2D eigenvalue weighted by Gasteiger charge is 2.07. The van der Waals surface area contributed by atoms with Gasteiger partial charge in [0, 0.05) is 37.1 Å². The molecule has 0 aliphatic rings. The van der Waals surface area contributed by atoms with Crippen LogP contribution in [0, 0.1) is 6.92 Å². The molecule has 0 aliphatic carbocycles. The minimum Gasteiger partial charge on any atom is -0.310 e. The van der Waals surface area contributed by atoms with Gasteiger partial charge in [0.05, 0.1) is 0 Å². The number of benzene rings is 1. The predicted octanol–water partition coefficient (Wildman–Crippen LogP) is 3.24. The highest BCUT2D eigenvalue weighted by atomic mass is 15.1. The third-order valence-corrected chi connectivity index (χ3v) is 3.28. The average molecular weight is 257 g/mol. The van der Waals surface area contributed by atoms with Crippen LogP contribution in [0.1, 0.15) is 37.7 Å². The molecule has 0 unspecified atom stereocenters. The van der Waals surface area contributed by atoms with Gasteiger partial charge in [0.25, 0.3) is 0 Å². The van der Waals surface area contributed by atoms with Crippen molar-refractivity contribution < 1.29 is 0 Å². The molecule has 0 aliphatic heterocycles. The maximum absolute atomic E-state index is 4.40. The Morgan fingerprint density at radius 1 is 1.32 bits per heavy atom. The first kappa shape index (κ1) is 13.8. The van der Waals surface area contributed by atoms with Gasteiger partial charge in [-0.25, -0.2) is 4.98 Å². The Hall–Kier alpha value is -1.61. The number of aromatic nitrogens is 2. The van der Waals surface area contributed by atoms with Gasteiger partial charge in [0.1, 0.15) is 5.82 Å². The molecule has 2 rings (SSSR count). The topological polar surface area (TPSA) is 29.9 Å². The third kappa shape index (κ3) is 3.24. The molecule has 0 saturated carbocycles. The summed E-state index contributed by atoms with van der Waals surface area (Å²) in [6, 6.07) is 7.14. The Morgan fingerprint density at radius 3 is 2.79 bits per heavy atom. The first-order chi connectivity index (χ1) is 9.11. The third-order valence-electron chi connectivity index (χ3n) is 3.28. The van der Waals surface area contributed by atoms with E-state index in [1.54, 1.807) is 0 Å². The second-order valence-electron chi connectivity index (χ2n) is 5.22. The lowest BCUT2D eigenvalue weighted by molar-refractivity contribution is 0.588. The van der Waals surface area contributed by atoms with Crippen LogP contribution < -0.4 is 5.32 Å². The lowest BCUT2D eigenvalue weighted by Gasteiger charge is -2.13. The molecular formula is C16H23N3. The minimum atomic E-state index is 0.504. The zero-order valence-corrected chi connectivity index (χ0v) is 12.3. The largest absolute Gasteiger partial charge is 0.310 e. The smallest absolute Gasteiger partial charge is 0.112 e. The van der Waals surface area contributed by atoms with Gasteiger partial charge in [-0.15, -0.1) is 0 Å². The van der Waals surface area contributed by atoms with Crippen molar-refractivity contribution in [2.24, 2.45) is 0 Å². The van der Waals surface area contributed by atoms with Crippen molar-refractivity contribution in [1.82, 2.24) is 14.9 Å². The molecule has 0 atom stereocenters. The summed E-state index contributed by atoms with van der Waals surface area (Å²) in [5, 5.41) is 3.46. The van der Waals surface area contributed by atoms with E-state index >= 15 is 0 Å². The fraction of sp³-hybridized carbons (Fsp3) is 0.438. The van der Waals surface area contributed by atoms with Gasteiger partial charge >= 0.3 is 0 Å². The van der Waals surface area contributed by atoms with Gasteiger partial charge in [-0.2, -0.15) is 0 Å². The molecular weight excluding hydrogens is 234 g/mol. The van der Waals surface area contributed by atoms with Crippen LogP contribution >= 0.6 is 0 Å². The Bertz CT molecular complexity index is 541. The lowest BCUT2D eigenvalue weighted by atomic mass is 10.1. The van der Waals surface area contributed by atoms with Crippen LogP contribution in [-0.4, -0.2) is 15.6 Å². The van der Waals surface area contributed by atoms with Crippen molar-refractivity contribution in [3.8, 4) is 5.69 Å². The van der Waals surface area contributed by atoms with Gasteiger partial charge in [-0.05, 0) is 24.1 Å². The zero-order chi connectivity index (χ0) is 13.8. The van der Waals surface area contributed by atoms with E-state index in [1.807, 2.05) is 12.4 Å². The normalized spacial score (nSPS) is 11.2. The van der Waals surface area contributed by atoms with Crippen LogP contribution in [0.15, 0.2) is 30.6 Å². The van der Waals surface area contributed by atoms with Gasteiger partial charge in [-0.3, -0.25) is 0 Å². The number of nitrogens with one attached hydrogen (secondary N) is 1.